The van der Waals surface area contributed by atoms with Crippen LogP contribution in [-0.2, 0) is 4.79 Å². The predicted molar refractivity (Wildman–Crippen MR) is 97.7 cm³/mol. The van der Waals surface area contributed by atoms with Gasteiger partial charge >= 0.3 is 0 Å². The summed E-state index contributed by atoms with van der Waals surface area (Å²) in [4.78, 5) is 31.1. The van der Waals surface area contributed by atoms with Crippen molar-refractivity contribution < 1.29 is 14.0 Å². The highest BCUT2D eigenvalue weighted by molar-refractivity contribution is 6.01. The van der Waals surface area contributed by atoms with Crippen molar-refractivity contribution in [3.8, 4) is 0 Å². The Morgan fingerprint density at radius 3 is 2.65 bits per heavy atom. The molecule has 0 bridgehead atoms. The third kappa shape index (κ3) is 3.18. The van der Waals surface area contributed by atoms with Gasteiger partial charge < -0.3 is 14.6 Å². The Hall–Kier alpha value is -3.15. The summed E-state index contributed by atoms with van der Waals surface area (Å²) in [5.41, 5.74) is 1.51. The molecule has 1 aromatic carbocycles. The van der Waals surface area contributed by atoms with Crippen LogP contribution in [0.15, 0.2) is 59.3 Å². The molecule has 6 nitrogen and oxygen atoms in total. The van der Waals surface area contributed by atoms with Crippen molar-refractivity contribution in [1.82, 2.24) is 9.88 Å². The number of benzene rings is 1. The van der Waals surface area contributed by atoms with Crippen LogP contribution in [0.4, 0.5) is 5.69 Å². The van der Waals surface area contributed by atoms with Crippen molar-refractivity contribution in [2.45, 2.75) is 12.8 Å². The van der Waals surface area contributed by atoms with Gasteiger partial charge in [0.05, 0.1) is 17.5 Å². The maximum Gasteiger partial charge on any atom is 0.289 e. The van der Waals surface area contributed by atoms with E-state index in [0.29, 0.717) is 31.7 Å². The zero-order chi connectivity index (χ0) is 17.9. The minimum atomic E-state index is -0.118. The van der Waals surface area contributed by atoms with Gasteiger partial charge in [-0.2, -0.15) is 0 Å². The number of likely N-dealkylation sites (tertiary alicyclic amines) is 1. The first-order chi connectivity index (χ1) is 12.7. The van der Waals surface area contributed by atoms with Crippen LogP contribution in [0.5, 0.6) is 0 Å². The maximum absolute atomic E-state index is 12.7. The average molecular weight is 349 g/mol. The first kappa shape index (κ1) is 16.3. The van der Waals surface area contributed by atoms with E-state index in [2.05, 4.69) is 10.3 Å². The van der Waals surface area contributed by atoms with Crippen molar-refractivity contribution >= 4 is 28.4 Å². The summed E-state index contributed by atoms with van der Waals surface area (Å²) in [7, 11) is 0. The summed E-state index contributed by atoms with van der Waals surface area (Å²) in [6.45, 7) is 1.09. The zero-order valence-corrected chi connectivity index (χ0v) is 14.2. The van der Waals surface area contributed by atoms with Crippen molar-refractivity contribution in [1.29, 1.82) is 0 Å². The molecular formula is C20H19N3O3. The van der Waals surface area contributed by atoms with Gasteiger partial charge in [0.2, 0.25) is 5.91 Å². The molecule has 0 spiro atoms. The van der Waals surface area contributed by atoms with Gasteiger partial charge in [-0.1, -0.05) is 18.2 Å². The van der Waals surface area contributed by atoms with Crippen LogP contribution < -0.4 is 5.32 Å². The first-order valence-electron chi connectivity index (χ1n) is 8.70. The Bertz CT molecular complexity index is 923. The summed E-state index contributed by atoms with van der Waals surface area (Å²) < 4.78 is 5.17. The van der Waals surface area contributed by atoms with Crippen molar-refractivity contribution in [3.63, 3.8) is 0 Å². The topological polar surface area (TPSA) is 75.4 Å². The average Bonchev–Trinajstić information content (AvgIpc) is 3.23. The molecule has 0 saturated carbocycles. The van der Waals surface area contributed by atoms with E-state index in [0.717, 1.165) is 16.6 Å². The number of nitrogens with zero attached hydrogens (tertiary/aromatic N) is 2. The lowest BCUT2D eigenvalue weighted by atomic mass is 9.95. The second kappa shape index (κ2) is 7.00. The molecule has 1 N–H and O–H groups in total. The number of piperidine rings is 1. The highest BCUT2D eigenvalue weighted by Crippen LogP contribution is 2.24. The monoisotopic (exact) mass is 349 g/mol. The number of carbonyl (C=O) groups excluding carboxylic acids is 2. The van der Waals surface area contributed by atoms with E-state index in [1.807, 2.05) is 30.3 Å². The molecule has 3 aromatic rings. The standard InChI is InChI=1S/C20H19N3O3/c24-19(22-16-6-1-4-14-5-2-10-21-18(14)16)15-8-11-23(12-9-15)20(25)17-7-3-13-26-17/h1-7,10,13,15H,8-9,11-12H2,(H,22,24). The molecule has 26 heavy (non-hydrogen) atoms. The van der Waals surface area contributed by atoms with Crippen molar-refractivity contribution in [3.05, 3.63) is 60.7 Å². The lowest BCUT2D eigenvalue weighted by molar-refractivity contribution is -0.121. The van der Waals surface area contributed by atoms with E-state index in [4.69, 9.17) is 4.42 Å². The van der Waals surface area contributed by atoms with Crippen LogP contribution in [0.25, 0.3) is 10.9 Å². The highest BCUT2D eigenvalue weighted by Gasteiger charge is 2.29. The number of aromatic nitrogens is 1. The number of carbonyl (C=O) groups is 2. The smallest absolute Gasteiger partial charge is 0.289 e. The molecule has 1 aliphatic heterocycles. The second-order valence-electron chi connectivity index (χ2n) is 6.41. The molecule has 3 heterocycles. The van der Waals surface area contributed by atoms with Crippen molar-refractivity contribution in [2.24, 2.45) is 5.92 Å². The second-order valence-corrected chi connectivity index (χ2v) is 6.41. The largest absolute Gasteiger partial charge is 0.459 e. The highest BCUT2D eigenvalue weighted by atomic mass is 16.3. The number of fused-ring (bicyclic) bond motifs is 1. The van der Waals surface area contributed by atoms with Gasteiger partial charge in [0, 0.05) is 30.6 Å². The number of pyridine rings is 1. The number of amides is 2. The molecule has 6 heteroatoms. The summed E-state index contributed by atoms with van der Waals surface area (Å²) in [5.74, 6) is 0.0877. The molecule has 1 aliphatic rings. The van der Waals surface area contributed by atoms with Gasteiger partial charge in [0.1, 0.15) is 0 Å². The zero-order valence-electron chi connectivity index (χ0n) is 14.2. The van der Waals surface area contributed by atoms with Gasteiger partial charge in [0.15, 0.2) is 5.76 Å². The Labute approximate surface area is 150 Å². The fourth-order valence-electron chi connectivity index (χ4n) is 3.34. The number of anilines is 1. The number of rotatable bonds is 3. The van der Waals surface area contributed by atoms with Crippen LogP contribution in [0.2, 0.25) is 0 Å². The Balaban J connectivity index is 1.40. The van der Waals surface area contributed by atoms with Gasteiger partial charge in [-0.05, 0) is 37.1 Å². The van der Waals surface area contributed by atoms with Gasteiger partial charge in [-0.15, -0.1) is 0 Å². The Morgan fingerprint density at radius 1 is 1.08 bits per heavy atom. The van der Waals surface area contributed by atoms with Crippen LogP contribution >= 0.6 is 0 Å². The normalized spacial score (nSPS) is 15.2. The minimum Gasteiger partial charge on any atom is -0.459 e. The van der Waals surface area contributed by atoms with E-state index in [-0.39, 0.29) is 17.7 Å². The van der Waals surface area contributed by atoms with Crippen LogP contribution in [0.3, 0.4) is 0 Å². The summed E-state index contributed by atoms with van der Waals surface area (Å²) in [5, 5.41) is 3.99. The number of para-hydroxylation sites is 1. The minimum absolute atomic E-state index is 0.0201. The van der Waals surface area contributed by atoms with Gasteiger partial charge in [-0.3, -0.25) is 14.6 Å². The van der Waals surface area contributed by atoms with Crippen LogP contribution in [0, 0.1) is 5.92 Å². The summed E-state index contributed by atoms with van der Waals surface area (Å²) >= 11 is 0. The van der Waals surface area contributed by atoms with E-state index in [9.17, 15) is 9.59 Å². The summed E-state index contributed by atoms with van der Waals surface area (Å²) in [6, 6.07) is 12.9. The lowest BCUT2D eigenvalue weighted by Gasteiger charge is -2.30. The Morgan fingerprint density at radius 2 is 1.88 bits per heavy atom. The first-order valence-corrected chi connectivity index (χ1v) is 8.70. The molecular weight excluding hydrogens is 330 g/mol. The van der Waals surface area contributed by atoms with Crippen LogP contribution in [-0.4, -0.2) is 34.8 Å². The Kier molecular flexibility index (Phi) is 4.39. The molecule has 2 aromatic heterocycles. The van der Waals surface area contributed by atoms with Crippen molar-refractivity contribution in [2.75, 3.05) is 18.4 Å². The third-order valence-electron chi connectivity index (χ3n) is 4.78. The van der Waals surface area contributed by atoms with E-state index < -0.39 is 0 Å². The number of nitrogens with one attached hydrogen (secondary N) is 1. The molecule has 2 amide bonds. The predicted octanol–water partition coefficient (Wildman–Crippen LogP) is 3.32. The van der Waals surface area contributed by atoms with Gasteiger partial charge in [0.25, 0.3) is 5.91 Å². The SMILES string of the molecule is O=C(Nc1cccc2cccnc12)C1CCN(C(=O)c2ccco2)CC1. The lowest BCUT2D eigenvalue weighted by Crippen LogP contribution is -2.41. The van der Waals surface area contributed by atoms with Crippen LogP contribution in [0.1, 0.15) is 23.4 Å². The molecule has 132 valence electrons. The third-order valence-corrected chi connectivity index (χ3v) is 4.78. The molecule has 0 radical (unpaired) electrons. The fraction of sp³-hybridized carbons (Fsp3) is 0.250. The molecule has 1 saturated heterocycles. The van der Waals surface area contributed by atoms with Gasteiger partial charge in [-0.25, -0.2) is 0 Å². The summed E-state index contributed by atoms with van der Waals surface area (Å²) in [6.07, 6.45) is 4.48. The quantitative estimate of drug-likeness (QED) is 0.787. The van der Waals surface area contributed by atoms with E-state index >= 15 is 0 Å². The van der Waals surface area contributed by atoms with E-state index in [1.165, 1.54) is 6.26 Å². The molecule has 0 unspecified atom stereocenters. The number of hydrogen-bond donors (Lipinski definition) is 1. The number of hydrogen-bond acceptors (Lipinski definition) is 4. The fourth-order valence-corrected chi connectivity index (χ4v) is 3.34. The molecule has 4 rings (SSSR count). The molecule has 0 atom stereocenters. The molecule has 0 aliphatic carbocycles. The molecule has 1 fully saturated rings. The number of furan rings is 1. The maximum atomic E-state index is 12.7. The van der Waals surface area contributed by atoms with E-state index in [1.54, 1.807) is 23.2 Å².